The van der Waals surface area contributed by atoms with E-state index >= 15 is 0 Å². The summed E-state index contributed by atoms with van der Waals surface area (Å²) in [7, 11) is -3.45. The van der Waals surface area contributed by atoms with Crippen LogP contribution in [0.15, 0.2) is 22.5 Å². The number of benzene rings is 1. The predicted octanol–water partition coefficient (Wildman–Crippen LogP) is 2.27. The fourth-order valence-corrected chi connectivity index (χ4v) is 3.29. The van der Waals surface area contributed by atoms with Gasteiger partial charge in [0, 0.05) is 11.3 Å². The Morgan fingerprint density at radius 3 is 2.68 bits per heavy atom. The third kappa shape index (κ3) is 4.54. The molecule has 0 atom stereocenters. The highest BCUT2D eigenvalue weighted by molar-refractivity contribution is 7.92. The van der Waals surface area contributed by atoms with E-state index in [0.717, 1.165) is 17.6 Å². The van der Waals surface area contributed by atoms with Gasteiger partial charge < -0.3 is 4.74 Å². The fourth-order valence-electron chi connectivity index (χ4n) is 1.30. The molecule has 0 spiro atoms. The van der Waals surface area contributed by atoms with Crippen LogP contribution in [0.2, 0.25) is 10.0 Å². The van der Waals surface area contributed by atoms with Gasteiger partial charge in [-0.1, -0.05) is 34.5 Å². The van der Waals surface area contributed by atoms with Gasteiger partial charge in [-0.2, -0.15) is 0 Å². The second kappa shape index (κ2) is 6.78. The maximum Gasteiger partial charge on any atom is 0.264 e. The van der Waals surface area contributed by atoms with Crippen LogP contribution in [0.3, 0.4) is 0 Å². The van der Waals surface area contributed by atoms with Gasteiger partial charge in [-0.15, -0.1) is 10.2 Å². The molecular weight excluding hydrogens is 373 g/mol. The lowest BCUT2D eigenvalue weighted by molar-refractivity contribution is -0.118. The average Bonchev–Trinajstić information content (AvgIpc) is 2.86. The van der Waals surface area contributed by atoms with E-state index in [1.165, 1.54) is 12.1 Å². The highest BCUT2D eigenvalue weighted by Gasteiger charge is 2.16. The third-order valence-electron chi connectivity index (χ3n) is 2.22. The molecule has 1 aromatic heterocycles. The van der Waals surface area contributed by atoms with Crippen molar-refractivity contribution >= 4 is 55.4 Å². The number of nitrogens with zero attached hydrogens (tertiary/aromatic N) is 2. The molecule has 1 aromatic carbocycles. The van der Waals surface area contributed by atoms with Crippen molar-refractivity contribution in [1.29, 1.82) is 0 Å². The van der Waals surface area contributed by atoms with Crippen LogP contribution in [-0.4, -0.2) is 37.4 Å². The van der Waals surface area contributed by atoms with Crippen LogP contribution >= 0.6 is 34.5 Å². The average molecular weight is 382 g/mol. The normalized spacial score (nSPS) is 11.2. The Morgan fingerprint density at radius 2 is 2.09 bits per heavy atom. The zero-order valence-corrected chi connectivity index (χ0v) is 14.2. The van der Waals surface area contributed by atoms with Gasteiger partial charge in [-0.05, 0) is 18.2 Å². The SMILES string of the molecule is CS(=O)(=O)c1nnc(NC(=O)COc2ccc(Cl)cc2Cl)s1. The summed E-state index contributed by atoms with van der Waals surface area (Å²) in [6.45, 7) is -0.324. The van der Waals surface area contributed by atoms with Crippen LogP contribution in [0.25, 0.3) is 0 Å². The number of sulfone groups is 1. The van der Waals surface area contributed by atoms with Crippen LogP contribution < -0.4 is 10.1 Å². The van der Waals surface area contributed by atoms with Crippen molar-refractivity contribution in [2.75, 3.05) is 18.2 Å². The number of rotatable bonds is 5. The fraction of sp³-hybridized carbons (Fsp3) is 0.182. The Bertz CT molecular complexity index is 807. The zero-order chi connectivity index (χ0) is 16.3. The Kier molecular flexibility index (Phi) is 5.22. The van der Waals surface area contributed by atoms with E-state index in [1.54, 1.807) is 6.07 Å². The number of hydrogen-bond donors (Lipinski definition) is 1. The Balaban J connectivity index is 1.94. The first kappa shape index (κ1) is 16.9. The summed E-state index contributed by atoms with van der Waals surface area (Å²) in [6.07, 6.45) is 1.00. The summed E-state index contributed by atoms with van der Waals surface area (Å²) in [5.74, 6) is -0.225. The molecule has 0 aliphatic rings. The summed E-state index contributed by atoms with van der Waals surface area (Å²) in [4.78, 5) is 11.7. The zero-order valence-electron chi connectivity index (χ0n) is 11.0. The minimum absolute atomic E-state index is 0.0660. The first-order valence-corrected chi connectivity index (χ1v) is 9.13. The van der Waals surface area contributed by atoms with Gasteiger partial charge in [-0.3, -0.25) is 10.1 Å². The molecule has 118 valence electrons. The van der Waals surface area contributed by atoms with Crippen LogP contribution in [0.4, 0.5) is 5.13 Å². The Hall–Kier alpha value is -1.42. The van der Waals surface area contributed by atoms with E-state index in [-0.39, 0.29) is 21.1 Å². The van der Waals surface area contributed by atoms with Crippen molar-refractivity contribution in [2.24, 2.45) is 0 Å². The van der Waals surface area contributed by atoms with Gasteiger partial charge in [0.05, 0.1) is 5.02 Å². The smallest absolute Gasteiger partial charge is 0.264 e. The molecule has 0 radical (unpaired) electrons. The van der Waals surface area contributed by atoms with Gasteiger partial charge >= 0.3 is 0 Å². The van der Waals surface area contributed by atoms with Gasteiger partial charge in [0.15, 0.2) is 6.61 Å². The summed E-state index contributed by atoms with van der Waals surface area (Å²) in [5, 5.41) is 10.2. The van der Waals surface area contributed by atoms with E-state index in [4.69, 9.17) is 27.9 Å². The van der Waals surface area contributed by atoms with Crippen LogP contribution in [0.1, 0.15) is 0 Å². The molecular formula is C11H9Cl2N3O4S2. The van der Waals surface area contributed by atoms with Crippen molar-refractivity contribution in [1.82, 2.24) is 10.2 Å². The molecule has 2 rings (SSSR count). The summed E-state index contributed by atoms with van der Waals surface area (Å²) in [5.41, 5.74) is 0. The lowest BCUT2D eigenvalue weighted by atomic mass is 10.3. The molecule has 1 N–H and O–H groups in total. The van der Waals surface area contributed by atoms with Gasteiger partial charge in [0.2, 0.25) is 19.3 Å². The number of nitrogens with one attached hydrogen (secondary N) is 1. The first-order chi connectivity index (χ1) is 10.3. The molecule has 7 nitrogen and oxygen atoms in total. The maximum atomic E-state index is 11.7. The van der Waals surface area contributed by atoms with Crippen LogP contribution in [0.5, 0.6) is 5.75 Å². The lowest BCUT2D eigenvalue weighted by Crippen LogP contribution is -2.20. The second-order valence-corrected chi connectivity index (χ2v) is 8.07. The number of hydrogen-bond acceptors (Lipinski definition) is 7. The molecule has 1 amide bonds. The quantitative estimate of drug-likeness (QED) is 0.797. The molecule has 0 aliphatic carbocycles. The highest BCUT2D eigenvalue weighted by Crippen LogP contribution is 2.27. The van der Waals surface area contributed by atoms with E-state index in [2.05, 4.69) is 15.5 Å². The third-order valence-corrected chi connectivity index (χ3v) is 5.26. The van der Waals surface area contributed by atoms with Gasteiger partial charge in [-0.25, -0.2) is 8.42 Å². The molecule has 0 unspecified atom stereocenters. The number of ether oxygens (including phenoxy) is 1. The minimum atomic E-state index is -3.45. The standard InChI is InChI=1S/C11H9Cl2N3O4S2/c1-22(18,19)11-16-15-10(21-11)14-9(17)5-20-8-3-2-6(12)4-7(8)13/h2-4H,5H2,1H3,(H,14,15,17). The number of amides is 1. The van der Waals surface area contributed by atoms with E-state index in [0.29, 0.717) is 10.8 Å². The monoisotopic (exact) mass is 381 g/mol. The summed E-state index contributed by atoms with van der Waals surface area (Å²) >= 11 is 12.4. The van der Waals surface area contributed by atoms with Crippen molar-refractivity contribution in [3.63, 3.8) is 0 Å². The van der Waals surface area contributed by atoms with Crippen molar-refractivity contribution in [3.05, 3.63) is 28.2 Å². The number of anilines is 1. The number of carbonyl (C=O) groups excluding carboxylic acids is 1. The highest BCUT2D eigenvalue weighted by atomic mass is 35.5. The van der Waals surface area contributed by atoms with E-state index < -0.39 is 15.7 Å². The van der Waals surface area contributed by atoms with E-state index in [9.17, 15) is 13.2 Å². The molecule has 1 heterocycles. The number of carbonyl (C=O) groups is 1. The summed E-state index contributed by atoms with van der Waals surface area (Å²) < 4.78 is 27.6. The minimum Gasteiger partial charge on any atom is -0.482 e. The van der Waals surface area contributed by atoms with Crippen molar-refractivity contribution in [2.45, 2.75) is 4.34 Å². The first-order valence-electron chi connectivity index (χ1n) is 5.67. The molecule has 0 saturated heterocycles. The largest absolute Gasteiger partial charge is 0.482 e. The number of halogens is 2. The predicted molar refractivity (Wildman–Crippen MR) is 83.6 cm³/mol. The lowest BCUT2D eigenvalue weighted by Gasteiger charge is -2.07. The second-order valence-electron chi connectivity index (χ2n) is 4.06. The summed E-state index contributed by atoms with van der Waals surface area (Å²) in [6, 6.07) is 4.59. The van der Waals surface area contributed by atoms with Crippen molar-refractivity contribution in [3.8, 4) is 5.75 Å². The molecule has 11 heteroatoms. The molecule has 0 saturated carbocycles. The Morgan fingerprint density at radius 1 is 1.36 bits per heavy atom. The topological polar surface area (TPSA) is 98.3 Å². The number of aromatic nitrogens is 2. The van der Waals surface area contributed by atoms with Crippen LogP contribution in [0, 0.1) is 0 Å². The van der Waals surface area contributed by atoms with Crippen LogP contribution in [-0.2, 0) is 14.6 Å². The molecule has 0 fully saturated rings. The Labute approximate surface area is 140 Å². The van der Waals surface area contributed by atoms with Gasteiger partial charge in [0.25, 0.3) is 5.91 Å². The molecule has 2 aromatic rings. The molecule has 0 bridgehead atoms. The molecule has 22 heavy (non-hydrogen) atoms. The van der Waals surface area contributed by atoms with E-state index in [1.807, 2.05) is 0 Å². The van der Waals surface area contributed by atoms with Crippen molar-refractivity contribution < 1.29 is 17.9 Å². The maximum absolute atomic E-state index is 11.7. The van der Waals surface area contributed by atoms with Gasteiger partial charge in [0.1, 0.15) is 5.75 Å². The molecule has 0 aliphatic heterocycles.